The summed E-state index contributed by atoms with van der Waals surface area (Å²) in [5, 5.41) is 5.42. The molecule has 3 rings (SSSR count). The highest BCUT2D eigenvalue weighted by Gasteiger charge is 2.15. The Hall–Kier alpha value is -3.38. The van der Waals surface area contributed by atoms with Gasteiger partial charge in [0.25, 0.3) is 5.91 Å². The maximum atomic E-state index is 12.5. The van der Waals surface area contributed by atoms with Crippen molar-refractivity contribution >= 4 is 40.7 Å². The molecule has 2 N–H and O–H groups in total. The molecular formula is C25H24N2O3S. The van der Waals surface area contributed by atoms with E-state index < -0.39 is 0 Å². The van der Waals surface area contributed by atoms with E-state index >= 15 is 0 Å². The van der Waals surface area contributed by atoms with Crippen molar-refractivity contribution < 1.29 is 14.4 Å². The molecule has 0 heterocycles. The third-order valence-corrected chi connectivity index (χ3v) is 5.78. The molecule has 6 heteroatoms. The molecule has 2 amide bonds. The van der Waals surface area contributed by atoms with Crippen molar-refractivity contribution in [3.05, 3.63) is 89.5 Å². The van der Waals surface area contributed by atoms with Crippen molar-refractivity contribution in [1.82, 2.24) is 0 Å². The molecule has 1 unspecified atom stereocenters. The van der Waals surface area contributed by atoms with Crippen LogP contribution < -0.4 is 10.6 Å². The van der Waals surface area contributed by atoms with Crippen LogP contribution in [0.3, 0.4) is 0 Å². The third kappa shape index (κ3) is 6.30. The summed E-state index contributed by atoms with van der Waals surface area (Å²) in [4.78, 5) is 37.1. The molecular weight excluding hydrogens is 408 g/mol. The second-order valence-electron chi connectivity index (χ2n) is 7.23. The molecule has 0 spiro atoms. The van der Waals surface area contributed by atoms with E-state index in [0.29, 0.717) is 22.5 Å². The zero-order chi connectivity index (χ0) is 22.4. The van der Waals surface area contributed by atoms with Crippen LogP contribution in [0.1, 0.15) is 40.1 Å². The van der Waals surface area contributed by atoms with Crippen LogP contribution in [0.4, 0.5) is 11.4 Å². The second-order valence-corrected chi connectivity index (χ2v) is 8.64. The number of hydrogen-bond acceptors (Lipinski definition) is 4. The zero-order valence-electron chi connectivity index (χ0n) is 17.6. The monoisotopic (exact) mass is 432 g/mol. The van der Waals surface area contributed by atoms with E-state index in [1.807, 2.05) is 50.2 Å². The first kappa shape index (κ1) is 22.3. The van der Waals surface area contributed by atoms with Gasteiger partial charge in [0, 0.05) is 27.4 Å². The summed E-state index contributed by atoms with van der Waals surface area (Å²) in [5.74, 6) is -0.304. The van der Waals surface area contributed by atoms with Crippen molar-refractivity contribution in [2.45, 2.75) is 30.9 Å². The summed E-state index contributed by atoms with van der Waals surface area (Å²) in [6.07, 6.45) is 0. The highest BCUT2D eigenvalue weighted by atomic mass is 32.2. The number of nitrogens with one attached hydrogen (secondary N) is 2. The molecule has 3 aromatic rings. The smallest absolute Gasteiger partial charge is 0.255 e. The van der Waals surface area contributed by atoms with E-state index in [-0.39, 0.29) is 22.8 Å². The minimum Gasteiger partial charge on any atom is -0.325 e. The summed E-state index contributed by atoms with van der Waals surface area (Å²) >= 11 is 1.43. The van der Waals surface area contributed by atoms with Crippen LogP contribution in [0.2, 0.25) is 0 Å². The largest absolute Gasteiger partial charge is 0.325 e. The first-order valence-corrected chi connectivity index (χ1v) is 10.8. The van der Waals surface area contributed by atoms with Crippen LogP contribution in [-0.4, -0.2) is 22.8 Å². The van der Waals surface area contributed by atoms with Gasteiger partial charge in [-0.05, 0) is 81.4 Å². The van der Waals surface area contributed by atoms with Gasteiger partial charge in [0.15, 0.2) is 5.78 Å². The maximum absolute atomic E-state index is 12.5. The predicted molar refractivity (Wildman–Crippen MR) is 126 cm³/mol. The number of Topliss-reactive ketones (excluding diaryl/α,β-unsaturated/α-hetero) is 1. The quantitative estimate of drug-likeness (QED) is 0.378. The Balaban J connectivity index is 1.54. The van der Waals surface area contributed by atoms with Crippen molar-refractivity contribution in [1.29, 1.82) is 0 Å². The van der Waals surface area contributed by atoms with Gasteiger partial charge < -0.3 is 10.6 Å². The van der Waals surface area contributed by atoms with Crippen molar-refractivity contribution in [3.8, 4) is 0 Å². The molecule has 0 bridgehead atoms. The van der Waals surface area contributed by atoms with Crippen LogP contribution >= 0.6 is 11.8 Å². The average Bonchev–Trinajstić information content (AvgIpc) is 2.76. The zero-order valence-corrected chi connectivity index (χ0v) is 18.5. The normalized spacial score (nSPS) is 11.5. The molecule has 31 heavy (non-hydrogen) atoms. The summed E-state index contributed by atoms with van der Waals surface area (Å²) < 4.78 is 0. The average molecular weight is 433 g/mol. The minimum atomic E-state index is -0.319. The van der Waals surface area contributed by atoms with E-state index in [1.54, 1.807) is 36.4 Å². The first-order chi connectivity index (χ1) is 14.8. The molecule has 0 aliphatic carbocycles. The lowest BCUT2D eigenvalue weighted by molar-refractivity contribution is -0.115. The molecule has 0 saturated carbocycles. The highest BCUT2D eigenvalue weighted by Crippen LogP contribution is 2.26. The van der Waals surface area contributed by atoms with Crippen LogP contribution in [0.25, 0.3) is 0 Å². The van der Waals surface area contributed by atoms with Gasteiger partial charge >= 0.3 is 0 Å². The van der Waals surface area contributed by atoms with E-state index in [1.165, 1.54) is 18.7 Å². The van der Waals surface area contributed by atoms with Crippen LogP contribution in [-0.2, 0) is 4.79 Å². The topological polar surface area (TPSA) is 75.3 Å². The van der Waals surface area contributed by atoms with Crippen LogP contribution in [0, 0.1) is 6.92 Å². The lowest BCUT2D eigenvalue weighted by Gasteiger charge is -2.13. The Morgan fingerprint density at radius 3 is 1.84 bits per heavy atom. The number of anilines is 2. The van der Waals surface area contributed by atoms with Gasteiger partial charge in [0.05, 0.1) is 5.25 Å². The van der Waals surface area contributed by atoms with E-state index in [9.17, 15) is 14.4 Å². The summed E-state index contributed by atoms with van der Waals surface area (Å²) in [7, 11) is 0. The Labute approximate surface area is 186 Å². The summed E-state index contributed by atoms with van der Waals surface area (Å²) in [5.41, 5.74) is 3.65. The number of hydrogen-bond donors (Lipinski definition) is 2. The van der Waals surface area contributed by atoms with Crippen molar-refractivity contribution in [2.75, 3.05) is 10.6 Å². The molecule has 158 valence electrons. The Morgan fingerprint density at radius 2 is 1.26 bits per heavy atom. The van der Waals surface area contributed by atoms with Crippen molar-refractivity contribution in [3.63, 3.8) is 0 Å². The number of carbonyl (C=O) groups is 3. The minimum absolute atomic E-state index is 0.0136. The van der Waals surface area contributed by atoms with E-state index in [2.05, 4.69) is 10.6 Å². The van der Waals surface area contributed by atoms with Gasteiger partial charge in [-0.2, -0.15) is 0 Å². The Kier molecular flexibility index (Phi) is 7.26. The maximum Gasteiger partial charge on any atom is 0.255 e. The van der Waals surface area contributed by atoms with E-state index in [0.717, 1.165) is 10.5 Å². The van der Waals surface area contributed by atoms with Gasteiger partial charge in [0.1, 0.15) is 0 Å². The predicted octanol–water partition coefficient (Wildman–Crippen LogP) is 5.57. The Bertz CT molecular complexity index is 1080. The van der Waals surface area contributed by atoms with Gasteiger partial charge in [-0.25, -0.2) is 0 Å². The number of carbonyl (C=O) groups excluding carboxylic acids is 3. The highest BCUT2D eigenvalue weighted by molar-refractivity contribution is 8.00. The number of benzene rings is 3. The molecule has 1 atom stereocenters. The lowest BCUT2D eigenvalue weighted by Crippen LogP contribution is -2.22. The molecule has 0 aliphatic heterocycles. The number of ketones is 1. The molecule has 0 aliphatic rings. The number of aryl methyl sites for hydroxylation is 1. The molecule has 3 aromatic carbocycles. The fourth-order valence-electron chi connectivity index (χ4n) is 2.81. The van der Waals surface area contributed by atoms with E-state index in [4.69, 9.17) is 0 Å². The standard InChI is InChI=1S/C25H24N2O3S/c1-16-4-6-20(7-5-16)25(30)27-22-12-14-23(15-13-22)31-18(3)24(29)26-21-10-8-19(9-11-21)17(2)28/h4-15,18H,1-3H3,(H,26,29)(H,27,30). The first-order valence-electron chi connectivity index (χ1n) is 9.88. The fourth-order valence-corrected chi connectivity index (χ4v) is 3.68. The number of rotatable bonds is 7. The second kappa shape index (κ2) is 10.1. The molecule has 5 nitrogen and oxygen atoms in total. The van der Waals surface area contributed by atoms with Crippen LogP contribution in [0.15, 0.2) is 77.7 Å². The van der Waals surface area contributed by atoms with Gasteiger partial charge in [-0.3, -0.25) is 14.4 Å². The molecule has 0 aromatic heterocycles. The van der Waals surface area contributed by atoms with Crippen molar-refractivity contribution in [2.24, 2.45) is 0 Å². The SMILES string of the molecule is CC(=O)c1ccc(NC(=O)C(C)Sc2ccc(NC(=O)c3ccc(C)cc3)cc2)cc1. The lowest BCUT2D eigenvalue weighted by atomic mass is 10.1. The fraction of sp³-hybridized carbons (Fsp3) is 0.160. The van der Waals surface area contributed by atoms with Gasteiger partial charge in [-0.1, -0.05) is 17.7 Å². The Morgan fingerprint density at radius 1 is 0.742 bits per heavy atom. The summed E-state index contributed by atoms with van der Waals surface area (Å²) in [6, 6.07) is 21.6. The molecule has 0 saturated heterocycles. The van der Waals surface area contributed by atoms with Gasteiger partial charge in [0.2, 0.25) is 5.91 Å². The molecule has 0 fully saturated rings. The number of thioether (sulfide) groups is 1. The third-order valence-electron chi connectivity index (χ3n) is 4.67. The molecule has 0 radical (unpaired) electrons. The summed E-state index contributed by atoms with van der Waals surface area (Å²) in [6.45, 7) is 5.31. The number of amides is 2. The van der Waals surface area contributed by atoms with Gasteiger partial charge in [-0.15, -0.1) is 11.8 Å². The van der Waals surface area contributed by atoms with Crippen LogP contribution in [0.5, 0.6) is 0 Å².